The molecular formula is C18H21ClN3O3+. The highest BCUT2D eigenvalue weighted by Gasteiger charge is 2.15. The van der Waals surface area contributed by atoms with Crippen LogP contribution < -0.4 is 20.3 Å². The van der Waals surface area contributed by atoms with Crippen molar-refractivity contribution in [3.8, 4) is 5.75 Å². The van der Waals surface area contributed by atoms with Gasteiger partial charge in [-0.05, 0) is 36.4 Å². The summed E-state index contributed by atoms with van der Waals surface area (Å²) in [5, 5.41) is 6.17. The lowest BCUT2D eigenvalue weighted by molar-refractivity contribution is -0.862. The first-order valence-electron chi connectivity index (χ1n) is 7.77. The van der Waals surface area contributed by atoms with Gasteiger partial charge in [0.2, 0.25) is 0 Å². The second-order valence-electron chi connectivity index (χ2n) is 5.61. The second kappa shape index (κ2) is 9.05. The number of rotatable bonds is 7. The number of quaternary nitrogens is 1. The third kappa shape index (κ3) is 6.10. The molecule has 6 nitrogen and oxygen atoms in total. The summed E-state index contributed by atoms with van der Waals surface area (Å²) in [7, 11) is 3.33. The van der Waals surface area contributed by atoms with E-state index in [0.29, 0.717) is 22.1 Å². The maximum absolute atomic E-state index is 12.1. The monoisotopic (exact) mass is 362 g/mol. The van der Waals surface area contributed by atoms with E-state index in [1.165, 1.54) is 0 Å². The molecule has 0 spiro atoms. The van der Waals surface area contributed by atoms with Crippen LogP contribution in [-0.4, -0.2) is 39.1 Å². The van der Waals surface area contributed by atoms with Gasteiger partial charge in [0, 0.05) is 10.7 Å². The fraction of sp³-hybridized carbons (Fsp3) is 0.222. The number of benzene rings is 2. The number of carbonyl (C=O) groups excluding carboxylic acids is 2. The number of halogens is 1. The molecule has 2 aromatic carbocycles. The average Bonchev–Trinajstić information content (AvgIpc) is 2.57. The summed E-state index contributed by atoms with van der Waals surface area (Å²) in [5.41, 5.74) is 1.27. The van der Waals surface area contributed by atoms with Gasteiger partial charge >= 0.3 is 0 Å². The molecule has 3 N–H and O–H groups in total. The lowest BCUT2D eigenvalue weighted by atomic mass is 10.3. The minimum atomic E-state index is -0.193. The molecule has 132 valence electrons. The molecule has 1 unspecified atom stereocenters. The van der Waals surface area contributed by atoms with E-state index in [0.717, 1.165) is 4.90 Å². The zero-order valence-corrected chi connectivity index (χ0v) is 14.9. The van der Waals surface area contributed by atoms with Crippen LogP contribution in [-0.2, 0) is 9.59 Å². The summed E-state index contributed by atoms with van der Waals surface area (Å²) in [5.74, 6) is 0.222. The Hall–Kier alpha value is -2.57. The summed E-state index contributed by atoms with van der Waals surface area (Å²) in [4.78, 5) is 24.9. The maximum Gasteiger partial charge on any atom is 0.279 e. The molecule has 0 radical (unpaired) electrons. The number of ether oxygens (including phenoxy) is 1. The zero-order chi connectivity index (χ0) is 18.2. The molecule has 0 aromatic heterocycles. The molecule has 0 fully saturated rings. The highest BCUT2D eigenvalue weighted by Crippen LogP contribution is 2.22. The number of likely N-dealkylation sites (N-methyl/N-ethyl adjacent to an activating group) is 1. The predicted molar refractivity (Wildman–Crippen MR) is 98.3 cm³/mol. The summed E-state index contributed by atoms with van der Waals surface area (Å²) >= 11 is 5.81. The molecule has 2 aromatic rings. The molecule has 1 atom stereocenters. The van der Waals surface area contributed by atoms with E-state index in [9.17, 15) is 9.59 Å². The number of hydrogen-bond donors (Lipinski definition) is 3. The smallest absolute Gasteiger partial charge is 0.279 e. The molecule has 25 heavy (non-hydrogen) atoms. The molecule has 2 amide bonds. The van der Waals surface area contributed by atoms with Gasteiger partial charge in [0.05, 0.1) is 19.8 Å². The first-order valence-corrected chi connectivity index (χ1v) is 8.15. The van der Waals surface area contributed by atoms with Crippen molar-refractivity contribution >= 4 is 34.8 Å². The zero-order valence-electron chi connectivity index (χ0n) is 14.1. The molecule has 0 saturated heterocycles. The van der Waals surface area contributed by atoms with Crippen molar-refractivity contribution in [1.82, 2.24) is 0 Å². The van der Waals surface area contributed by atoms with Crippen LogP contribution in [0.25, 0.3) is 0 Å². The Morgan fingerprint density at radius 2 is 1.60 bits per heavy atom. The number of nitrogens with one attached hydrogen (secondary N) is 3. The van der Waals surface area contributed by atoms with E-state index >= 15 is 0 Å². The fourth-order valence-corrected chi connectivity index (χ4v) is 2.42. The van der Waals surface area contributed by atoms with E-state index < -0.39 is 0 Å². The highest BCUT2D eigenvalue weighted by atomic mass is 35.5. The topological polar surface area (TPSA) is 71.9 Å². The molecule has 0 aliphatic carbocycles. The second-order valence-corrected chi connectivity index (χ2v) is 6.05. The van der Waals surface area contributed by atoms with Gasteiger partial charge in [-0.3, -0.25) is 9.59 Å². The molecule has 0 heterocycles. The minimum Gasteiger partial charge on any atom is -0.495 e. The van der Waals surface area contributed by atoms with Gasteiger partial charge < -0.3 is 20.3 Å². The van der Waals surface area contributed by atoms with E-state index in [2.05, 4.69) is 10.6 Å². The lowest BCUT2D eigenvalue weighted by Crippen LogP contribution is -3.11. The molecule has 0 aliphatic rings. The standard InChI is InChI=1S/C18H20ClN3O3/c1-22(11-17(23)20-14-9-7-13(19)8-10-14)12-18(24)21-15-5-3-4-6-16(15)25-2/h3-10H,11-12H2,1-2H3,(H,20,23)(H,21,24)/p+1. The van der Waals surface area contributed by atoms with Crippen LogP contribution in [0.3, 0.4) is 0 Å². The highest BCUT2D eigenvalue weighted by molar-refractivity contribution is 6.30. The van der Waals surface area contributed by atoms with Gasteiger partial charge in [0.25, 0.3) is 11.8 Å². The Balaban J connectivity index is 1.82. The van der Waals surface area contributed by atoms with Crippen molar-refractivity contribution in [3.05, 3.63) is 53.6 Å². The molecule has 0 aliphatic heterocycles. The van der Waals surface area contributed by atoms with E-state index in [-0.39, 0.29) is 24.9 Å². The fourth-order valence-electron chi connectivity index (χ4n) is 2.29. The summed E-state index contributed by atoms with van der Waals surface area (Å²) in [6.07, 6.45) is 0. The van der Waals surface area contributed by atoms with Crippen molar-refractivity contribution in [2.24, 2.45) is 0 Å². The van der Waals surface area contributed by atoms with Gasteiger partial charge in [0.15, 0.2) is 13.1 Å². The predicted octanol–water partition coefficient (Wildman–Crippen LogP) is 1.44. The quantitative estimate of drug-likeness (QED) is 0.698. The Kier molecular flexibility index (Phi) is 6.80. The van der Waals surface area contributed by atoms with Gasteiger partial charge in [-0.1, -0.05) is 23.7 Å². The van der Waals surface area contributed by atoms with Crippen molar-refractivity contribution in [2.75, 3.05) is 37.9 Å². The van der Waals surface area contributed by atoms with E-state index in [4.69, 9.17) is 16.3 Å². The summed E-state index contributed by atoms with van der Waals surface area (Å²) in [6, 6.07) is 14.0. The molecule has 0 bridgehead atoms. The Morgan fingerprint density at radius 1 is 1.00 bits per heavy atom. The van der Waals surface area contributed by atoms with Crippen molar-refractivity contribution in [2.45, 2.75) is 0 Å². The molecule has 2 rings (SSSR count). The minimum absolute atomic E-state index is 0.159. The molecule has 0 saturated carbocycles. The third-order valence-corrected chi connectivity index (χ3v) is 3.69. The maximum atomic E-state index is 12.1. The number of carbonyl (C=O) groups is 2. The number of hydrogen-bond acceptors (Lipinski definition) is 3. The normalized spacial score (nSPS) is 11.5. The number of methoxy groups -OCH3 is 1. The van der Waals surface area contributed by atoms with Crippen LogP contribution in [0.15, 0.2) is 48.5 Å². The average molecular weight is 363 g/mol. The first-order chi connectivity index (χ1) is 12.0. The third-order valence-electron chi connectivity index (χ3n) is 3.43. The van der Waals surface area contributed by atoms with Gasteiger partial charge in [0.1, 0.15) is 5.75 Å². The summed E-state index contributed by atoms with van der Waals surface area (Å²) < 4.78 is 5.20. The van der Waals surface area contributed by atoms with Gasteiger partial charge in [-0.25, -0.2) is 0 Å². The van der Waals surface area contributed by atoms with Crippen molar-refractivity contribution in [1.29, 1.82) is 0 Å². The van der Waals surface area contributed by atoms with E-state index in [1.807, 2.05) is 12.1 Å². The van der Waals surface area contributed by atoms with Crippen LogP contribution in [0, 0.1) is 0 Å². The molecular weight excluding hydrogens is 342 g/mol. The number of para-hydroxylation sites is 2. The van der Waals surface area contributed by atoms with Crippen LogP contribution in [0.2, 0.25) is 5.02 Å². The largest absolute Gasteiger partial charge is 0.495 e. The Bertz CT molecular complexity index is 735. The Labute approximate surface area is 151 Å². The number of anilines is 2. The first kappa shape index (κ1) is 18.8. The van der Waals surface area contributed by atoms with Crippen LogP contribution in [0.1, 0.15) is 0 Å². The molecule has 7 heteroatoms. The van der Waals surface area contributed by atoms with Gasteiger partial charge in [-0.2, -0.15) is 0 Å². The van der Waals surface area contributed by atoms with Gasteiger partial charge in [-0.15, -0.1) is 0 Å². The van der Waals surface area contributed by atoms with Crippen LogP contribution in [0.5, 0.6) is 5.75 Å². The van der Waals surface area contributed by atoms with Crippen molar-refractivity contribution < 1.29 is 19.2 Å². The lowest BCUT2D eigenvalue weighted by Gasteiger charge is -2.14. The van der Waals surface area contributed by atoms with Crippen LogP contribution >= 0.6 is 11.6 Å². The SMILES string of the molecule is COc1ccccc1NC(=O)C[NH+](C)CC(=O)Nc1ccc(Cl)cc1. The Morgan fingerprint density at radius 3 is 2.24 bits per heavy atom. The summed E-state index contributed by atoms with van der Waals surface area (Å²) in [6.45, 7) is 0.327. The van der Waals surface area contributed by atoms with E-state index in [1.54, 1.807) is 50.6 Å². The number of amides is 2. The van der Waals surface area contributed by atoms with Crippen LogP contribution in [0.4, 0.5) is 11.4 Å². The van der Waals surface area contributed by atoms with Crippen molar-refractivity contribution in [3.63, 3.8) is 0 Å².